The average Bonchev–Trinajstić information content (AvgIpc) is 2.85. The van der Waals surface area contributed by atoms with Gasteiger partial charge in [0.25, 0.3) is 0 Å². The number of benzene rings is 1. The third kappa shape index (κ3) is 3.90. The van der Waals surface area contributed by atoms with Crippen molar-refractivity contribution < 1.29 is 4.39 Å². The van der Waals surface area contributed by atoms with E-state index >= 15 is 0 Å². The van der Waals surface area contributed by atoms with Gasteiger partial charge in [0.05, 0.1) is 0 Å². The maximum absolute atomic E-state index is 12.9. The Bertz CT molecular complexity index is 551. The molecule has 0 fully saturated rings. The van der Waals surface area contributed by atoms with Crippen LogP contribution in [0.25, 0.3) is 0 Å². The van der Waals surface area contributed by atoms with Crippen molar-refractivity contribution in [2.24, 2.45) is 0 Å². The topological polar surface area (TPSA) is 12.0 Å². The molecule has 0 bridgehead atoms. The largest absolute Gasteiger partial charge is 0.305 e. The Morgan fingerprint density at radius 3 is 2.30 bits per heavy atom. The summed E-state index contributed by atoms with van der Waals surface area (Å²) in [6.45, 7) is 9.65. The van der Waals surface area contributed by atoms with E-state index in [0.29, 0.717) is 0 Å². The average molecular weight is 291 g/mol. The van der Waals surface area contributed by atoms with Gasteiger partial charge in [-0.1, -0.05) is 32.9 Å². The molecular weight excluding hydrogens is 269 g/mol. The summed E-state index contributed by atoms with van der Waals surface area (Å²) in [5.41, 5.74) is 1.32. The van der Waals surface area contributed by atoms with Crippen LogP contribution in [0, 0.1) is 5.82 Å². The number of thiophene rings is 1. The molecule has 2 aromatic rings. The molecule has 1 N–H and O–H groups in total. The van der Waals surface area contributed by atoms with Gasteiger partial charge in [0.1, 0.15) is 5.82 Å². The zero-order valence-electron chi connectivity index (χ0n) is 12.5. The van der Waals surface area contributed by atoms with Gasteiger partial charge in [-0.15, -0.1) is 11.3 Å². The zero-order valence-corrected chi connectivity index (χ0v) is 13.4. The van der Waals surface area contributed by atoms with Gasteiger partial charge in [-0.3, -0.25) is 0 Å². The van der Waals surface area contributed by atoms with Crippen LogP contribution in [0.1, 0.15) is 49.1 Å². The predicted octanol–water partition coefficient (Wildman–Crippen LogP) is 5.04. The second-order valence-electron chi connectivity index (χ2n) is 6.17. The van der Waals surface area contributed by atoms with Gasteiger partial charge in [-0.2, -0.15) is 0 Å². The SMILES string of the molecule is C[C@H](NCc1ccc(C(C)(C)C)s1)c1ccc(F)cc1. The van der Waals surface area contributed by atoms with Gasteiger partial charge in [0.2, 0.25) is 0 Å². The molecule has 0 spiro atoms. The second-order valence-corrected chi connectivity index (χ2v) is 7.34. The summed E-state index contributed by atoms with van der Waals surface area (Å²) in [5.74, 6) is -0.186. The highest BCUT2D eigenvalue weighted by Crippen LogP contribution is 2.29. The lowest BCUT2D eigenvalue weighted by atomic mass is 9.95. The summed E-state index contributed by atoms with van der Waals surface area (Å²) in [4.78, 5) is 2.74. The molecule has 0 saturated heterocycles. The van der Waals surface area contributed by atoms with E-state index in [2.05, 4.69) is 45.1 Å². The molecule has 108 valence electrons. The van der Waals surface area contributed by atoms with Crippen LogP contribution in [0.4, 0.5) is 4.39 Å². The Morgan fingerprint density at radius 1 is 1.10 bits per heavy atom. The van der Waals surface area contributed by atoms with Crippen LogP contribution >= 0.6 is 11.3 Å². The molecule has 1 aromatic heterocycles. The van der Waals surface area contributed by atoms with E-state index in [-0.39, 0.29) is 17.3 Å². The zero-order chi connectivity index (χ0) is 14.8. The highest BCUT2D eigenvalue weighted by atomic mass is 32.1. The Morgan fingerprint density at radius 2 is 1.75 bits per heavy atom. The predicted molar refractivity (Wildman–Crippen MR) is 84.7 cm³/mol. The van der Waals surface area contributed by atoms with Crippen LogP contribution in [0.15, 0.2) is 36.4 Å². The molecule has 1 heterocycles. The van der Waals surface area contributed by atoms with Gasteiger partial charge in [-0.25, -0.2) is 4.39 Å². The molecule has 1 aromatic carbocycles. The standard InChI is InChI=1S/C17H22FNS/c1-12(13-5-7-14(18)8-6-13)19-11-15-9-10-16(20-15)17(2,3)4/h5-10,12,19H,11H2,1-4H3/t12-/m0/s1. The molecule has 2 rings (SSSR count). The van der Waals surface area contributed by atoms with Crippen LogP contribution in [-0.4, -0.2) is 0 Å². The first kappa shape index (κ1) is 15.2. The van der Waals surface area contributed by atoms with Crippen molar-refractivity contribution >= 4 is 11.3 Å². The molecular formula is C17H22FNS. The molecule has 1 atom stereocenters. The third-order valence-electron chi connectivity index (χ3n) is 3.35. The second kappa shape index (κ2) is 6.06. The molecule has 0 radical (unpaired) electrons. The van der Waals surface area contributed by atoms with E-state index in [0.717, 1.165) is 12.1 Å². The van der Waals surface area contributed by atoms with Crippen molar-refractivity contribution in [3.8, 4) is 0 Å². The van der Waals surface area contributed by atoms with Gasteiger partial charge >= 0.3 is 0 Å². The summed E-state index contributed by atoms with van der Waals surface area (Å²) < 4.78 is 12.9. The van der Waals surface area contributed by atoms with E-state index in [1.165, 1.54) is 21.9 Å². The van der Waals surface area contributed by atoms with Crippen molar-refractivity contribution in [2.75, 3.05) is 0 Å². The van der Waals surface area contributed by atoms with Crippen molar-refractivity contribution in [1.82, 2.24) is 5.32 Å². The number of halogens is 1. The summed E-state index contributed by atoms with van der Waals surface area (Å²) in [5, 5.41) is 3.49. The van der Waals surface area contributed by atoms with E-state index in [4.69, 9.17) is 0 Å². The number of nitrogens with one attached hydrogen (secondary N) is 1. The maximum Gasteiger partial charge on any atom is 0.123 e. The Kier molecular flexibility index (Phi) is 4.61. The fourth-order valence-electron chi connectivity index (χ4n) is 2.00. The first-order chi connectivity index (χ1) is 9.36. The Balaban J connectivity index is 1.95. The van der Waals surface area contributed by atoms with Gasteiger partial charge in [-0.05, 0) is 42.2 Å². The Labute approximate surface area is 124 Å². The third-order valence-corrected chi connectivity index (χ3v) is 4.86. The molecule has 0 aliphatic carbocycles. The Hall–Kier alpha value is -1.19. The van der Waals surface area contributed by atoms with E-state index < -0.39 is 0 Å². The molecule has 3 heteroatoms. The van der Waals surface area contributed by atoms with Crippen molar-refractivity contribution in [3.05, 3.63) is 57.5 Å². The quantitative estimate of drug-likeness (QED) is 0.832. The fraction of sp³-hybridized carbons (Fsp3) is 0.412. The lowest BCUT2D eigenvalue weighted by molar-refractivity contribution is 0.575. The van der Waals surface area contributed by atoms with Gasteiger partial charge in [0, 0.05) is 22.3 Å². The van der Waals surface area contributed by atoms with E-state index in [1.54, 1.807) is 0 Å². The molecule has 20 heavy (non-hydrogen) atoms. The highest BCUT2D eigenvalue weighted by molar-refractivity contribution is 7.12. The molecule has 0 saturated carbocycles. The summed E-state index contributed by atoms with van der Waals surface area (Å²) in [7, 11) is 0. The van der Waals surface area contributed by atoms with Gasteiger partial charge in [0.15, 0.2) is 0 Å². The minimum atomic E-state index is -0.186. The number of rotatable bonds is 4. The van der Waals surface area contributed by atoms with Crippen LogP contribution in [-0.2, 0) is 12.0 Å². The first-order valence-electron chi connectivity index (χ1n) is 6.94. The lowest BCUT2D eigenvalue weighted by Crippen LogP contribution is -2.17. The van der Waals surface area contributed by atoms with E-state index in [9.17, 15) is 4.39 Å². The molecule has 0 aliphatic rings. The lowest BCUT2D eigenvalue weighted by Gasteiger charge is -2.16. The monoisotopic (exact) mass is 291 g/mol. The van der Waals surface area contributed by atoms with Crippen LogP contribution < -0.4 is 5.32 Å². The maximum atomic E-state index is 12.9. The smallest absolute Gasteiger partial charge is 0.123 e. The minimum Gasteiger partial charge on any atom is -0.305 e. The normalized spacial score (nSPS) is 13.4. The fourth-order valence-corrected chi connectivity index (χ4v) is 3.02. The summed E-state index contributed by atoms with van der Waals surface area (Å²) in [6.07, 6.45) is 0. The van der Waals surface area contributed by atoms with Crippen molar-refractivity contribution in [3.63, 3.8) is 0 Å². The van der Waals surface area contributed by atoms with Gasteiger partial charge < -0.3 is 5.32 Å². The minimum absolute atomic E-state index is 0.186. The first-order valence-corrected chi connectivity index (χ1v) is 7.76. The van der Waals surface area contributed by atoms with Crippen LogP contribution in [0.3, 0.4) is 0 Å². The van der Waals surface area contributed by atoms with E-state index in [1.807, 2.05) is 23.5 Å². The van der Waals surface area contributed by atoms with Crippen molar-refractivity contribution in [2.45, 2.75) is 45.7 Å². The van der Waals surface area contributed by atoms with Crippen LogP contribution in [0.2, 0.25) is 0 Å². The number of hydrogen-bond donors (Lipinski definition) is 1. The highest BCUT2D eigenvalue weighted by Gasteiger charge is 2.16. The number of hydrogen-bond acceptors (Lipinski definition) is 2. The molecule has 0 aliphatic heterocycles. The van der Waals surface area contributed by atoms with Crippen molar-refractivity contribution in [1.29, 1.82) is 0 Å². The van der Waals surface area contributed by atoms with Crippen LogP contribution in [0.5, 0.6) is 0 Å². The molecule has 0 amide bonds. The molecule has 0 unspecified atom stereocenters. The molecule has 1 nitrogen and oxygen atoms in total. The summed E-state index contributed by atoms with van der Waals surface area (Å²) in [6, 6.07) is 11.3. The summed E-state index contributed by atoms with van der Waals surface area (Å²) >= 11 is 1.86.